The van der Waals surface area contributed by atoms with E-state index in [9.17, 15) is 13.2 Å². The Morgan fingerprint density at radius 2 is 1.83 bits per heavy atom. The van der Waals surface area contributed by atoms with Crippen LogP contribution in [0.15, 0.2) is 64.9 Å². The minimum Gasteiger partial charge on any atom is -0.301 e. The lowest BCUT2D eigenvalue weighted by atomic mass is 10.1. The van der Waals surface area contributed by atoms with Gasteiger partial charge in [-0.2, -0.15) is 0 Å². The van der Waals surface area contributed by atoms with Crippen molar-refractivity contribution in [3.63, 3.8) is 0 Å². The Balaban J connectivity index is 1.51. The van der Waals surface area contributed by atoms with Gasteiger partial charge in [0.05, 0.1) is 11.4 Å². The van der Waals surface area contributed by atoms with E-state index < -0.39 is 21.5 Å². The van der Waals surface area contributed by atoms with Gasteiger partial charge < -0.3 is 5.32 Å². The maximum absolute atomic E-state index is 12.2. The first-order valence-corrected chi connectivity index (χ1v) is 13.0. The van der Waals surface area contributed by atoms with E-state index in [4.69, 9.17) is 0 Å². The minimum atomic E-state index is -3.46. The summed E-state index contributed by atoms with van der Waals surface area (Å²) < 4.78 is 24.5. The van der Waals surface area contributed by atoms with Gasteiger partial charge in [0.2, 0.25) is 5.91 Å². The Morgan fingerprint density at radius 1 is 1.10 bits per heavy atom. The van der Waals surface area contributed by atoms with Crippen LogP contribution < -0.4 is 5.32 Å². The van der Waals surface area contributed by atoms with Crippen molar-refractivity contribution in [3.05, 3.63) is 65.5 Å². The SMILES string of the molecule is CSc1ccc(-c2csc(NC(=O)CS(=O)(=O)CCCc3ccccc3)n2)cc1. The van der Waals surface area contributed by atoms with Crippen LogP contribution in [0.4, 0.5) is 5.13 Å². The number of hydrogen-bond donors (Lipinski definition) is 1. The number of nitrogens with zero attached hydrogens (tertiary/aromatic N) is 1. The van der Waals surface area contributed by atoms with Crippen molar-refractivity contribution in [2.24, 2.45) is 0 Å². The molecule has 3 aromatic rings. The average Bonchev–Trinajstić information content (AvgIpc) is 3.16. The maximum atomic E-state index is 12.2. The first-order chi connectivity index (χ1) is 13.9. The highest BCUT2D eigenvalue weighted by atomic mass is 32.2. The topological polar surface area (TPSA) is 76.1 Å². The van der Waals surface area contributed by atoms with E-state index in [1.54, 1.807) is 11.8 Å². The molecular weight excluding hydrogens is 424 g/mol. The van der Waals surface area contributed by atoms with Crippen molar-refractivity contribution in [2.75, 3.05) is 23.1 Å². The molecule has 1 N–H and O–H groups in total. The van der Waals surface area contributed by atoms with Crippen LogP contribution >= 0.6 is 23.1 Å². The van der Waals surface area contributed by atoms with Gasteiger partial charge in [-0.3, -0.25) is 4.79 Å². The first-order valence-electron chi connectivity index (χ1n) is 9.09. The predicted octanol–water partition coefficient (Wildman–Crippen LogP) is 4.52. The molecule has 1 amide bonds. The predicted molar refractivity (Wildman–Crippen MR) is 121 cm³/mol. The van der Waals surface area contributed by atoms with E-state index in [0.717, 1.165) is 21.7 Å². The molecule has 0 saturated carbocycles. The molecule has 0 spiro atoms. The van der Waals surface area contributed by atoms with Crippen molar-refractivity contribution in [3.8, 4) is 11.3 Å². The molecule has 1 aromatic heterocycles. The van der Waals surface area contributed by atoms with E-state index in [2.05, 4.69) is 10.3 Å². The average molecular weight is 447 g/mol. The number of aryl methyl sites for hydroxylation is 1. The lowest BCUT2D eigenvalue weighted by Crippen LogP contribution is -2.24. The zero-order chi connectivity index (χ0) is 20.7. The molecule has 0 radical (unpaired) electrons. The maximum Gasteiger partial charge on any atom is 0.241 e. The third kappa shape index (κ3) is 6.69. The molecule has 0 atom stereocenters. The highest BCUT2D eigenvalue weighted by molar-refractivity contribution is 7.98. The molecule has 2 aromatic carbocycles. The summed E-state index contributed by atoms with van der Waals surface area (Å²) in [5.74, 6) is -1.09. The second-order valence-corrected chi connectivity index (χ2v) is 10.4. The Morgan fingerprint density at radius 3 is 2.52 bits per heavy atom. The van der Waals surface area contributed by atoms with Gasteiger partial charge in [0.15, 0.2) is 15.0 Å². The minimum absolute atomic E-state index is 0.0137. The molecule has 0 unspecified atom stereocenters. The van der Waals surface area contributed by atoms with Gasteiger partial charge in [-0.1, -0.05) is 42.5 Å². The molecule has 0 fully saturated rings. The summed E-state index contributed by atoms with van der Waals surface area (Å²) >= 11 is 2.94. The van der Waals surface area contributed by atoms with Crippen LogP contribution in [0.1, 0.15) is 12.0 Å². The summed E-state index contributed by atoms with van der Waals surface area (Å²) in [5.41, 5.74) is 2.80. The molecule has 1 heterocycles. The fourth-order valence-corrected chi connectivity index (χ4v) is 5.14. The van der Waals surface area contributed by atoms with E-state index >= 15 is 0 Å². The number of rotatable bonds is 9. The highest BCUT2D eigenvalue weighted by Gasteiger charge is 2.18. The molecule has 0 aliphatic heterocycles. The van der Waals surface area contributed by atoms with Crippen LogP contribution in [-0.4, -0.2) is 37.1 Å². The Kier molecular flexibility index (Phi) is 7.46. The second-order valence-electron chi connectivity index (χ2n) is 6.50. The number of thiazole rings is 1. The third-order valence-electron chi connectivity index (χ3n) is 4.25. The Labute approximate surface area is 179 Å². The Hall–Kier alpha value is -2.16. The number of hydrogen-bond acceptors (Lipinski definition) is 6. The van der Waals surface area contributed by atoms with Crippen LogP contribution in [0.3, 0.4) is 0 Å². The van der Waals surface area contributed by atoms with Crippen molar-refractivity contribution in [1.82, 2.24) is 4.98 Å². The molecule has 29 heavy (non-hydrogen) atoms. The van der Waals surface area contributed by atoms with Crippen molar-refractivity contribution in [2.45, 2.75) is 17.7 Å². The first kappa shape index (κ1) is 21.5. The zero-order valence-electron chi connectivity index (χ0n) is 16.0. The van der Waals surface area contributed by atoms with Crippen LogP contribution in [0.2, 0.25) is 0 Å². The van der Waals surface area contributed by atoms with E-state index in [1.807, 2.05) is 66.2 Å². The number of carbonyl (C=O) groups is 1. The number of amides is 1. The number of benzene rings is 2. The number of anilines is 1. The standard InChI is InChI=1S/C21H22N2O3S3/c1-27-18-11-9-17(10-12-18)19-14-28-21(22-19)23-20(24)15-29(25,26)13-5-8-16-6-3-2-4-7-16/h2-4,6-7,9-12,14H,5,8,13,15H2,1H3,(H,22,23,24). The van der Waals surface area contributed by atoms with Gasteiger partial charge in [0.25, 0.3) is 0 Å². The lowest BCUT2D eigenvalue weighted by Gasteiger charge is -2.05. The van der Waals surface area contributed by atoms with Gasteiger partial charge in [-0.05, 0) is 36.8 Å². The van der Waals surface area contributed by atoms with Crippen molar-refractivity contribution >= 4 is 44.0 Å². The second kappa shape index (κ2) is 10.0. The molecule has 0 aliphatic rings. The van der Waals surface area contributed by atoms with Gasteiger partial charge in [0, 0.05) is 15.8 Å². The highest BCUT2D eigenvalue weighted by Crippen LogP contribution is 2.26. The summed E-state index contributed by atoms with van der Waals surface area (Å²) in [4.78, 5) is 17.7. The lowest BCUT2D eigenvalue weighted by molar-refractivity contribution is -0.113. The fraction of sp³-hybridized carbons (Fsp3) is 0.238. The molecule has 5 nitrogen and oxygen atoms in total. The molecule has 152 valence electrons. The molecule has 0 bridgehead atoms. The van der Waals surface area contributed by atoms with Gasteiger partial charge >= 0.3 is 0 Å². The van der Waals surface area contributed by atoms with Crippen LogP contribution in [0.25, 0.3) is 11.3 Å². The summed E-state index contributed by atoms with van der Waals surface area (Å²) in [7, 11) is -3.46. The molecule has 0 saturated heterocycles. The number of nitrogens with one attached hydrogen (secondary N) is 1. The zero-order valence-corrected chi connectivity index (χ0v) is 18.4. The molecule has 0 aliphatic carbocycles. The Bertz CT molecular complexity index is 1050. The van der Waals surface area contributed by atoms with Crippen LogP contribution in [0, 0.1) is 0 Å². The van der Waals surface area contributed by atoms with Gasteiger partial charge in [-0.25, -0.2) is 13.4 Å². The van der Waals surface area contributed by atoms with Crippen molar-refractivity contribution < 1.29 is 13.2 Å². The third-order valence-corrected chi connectivity index (χ3v) is 7.36. The number of thioether (sulfide) groups is 1. The number of sulfone groups is 1. The molecule has 8 heteroatoms. The normalized spacial score (nSPS) is 11.3. The quantitative estimate of drug-likeness (QED) is 0.489. The molecular formula is C21H22N2O3S3. The fourth-order valence-electron chi connectivity index (χ4n) is 2.79. The molecule has 3 rings (SSSR count). The number of carbonyl (C=O) groups excluding carboxylic acids is 1. The van der Waals surface area contributed by atoms with E-state index in [0.29, 0.717) is 18.0 Å². The summed E-state index contributed by atoms with van der Waals surface area (Å²) in [5, 5.41) is 4.85. The summed E-state index contributed by atoms with van der Waals surface area (Å²) in [6, 6.07) is 17.7. The van der Waals surface area contributed by atoms with Crippen molar-refractivity contribution in [1.29, 1.82) is 0 Å². The van der Waals surface area contributed by atoms with E-state index in [-0.39, 0.29) is 5.75 Å². The van der Waals surface area contributed by atoms with Gasteiger partial charge in [-0.15, -0.1) is 23.1 Å². The monoisotopic (exact) mass is 446 g/mol. The number of aromatic nitrogens is 1. The largest absolute Gasteiger partial charge is 0.301 e. The summed E-state index contributed by atoms with van der Waals surface area (Å²) in [6.45, 7) is 0. The van der Waals surface area contributed by atoms with Crippen LogP contribution in [-0.2, 0) is 21.1 Å². The summed E-state index contributed by atoms with van der Waals surface area (Å²) in [6.07, 6.45) is 3.18. The smallest absolute Gasteiger partial charge is 0.241 e. The van der Waals surface area contributed by atoms with E-state index in [1.165, 1.54) is 11.3 Å². The van der Waals surface area contributed by atoms with Gasteiger partial charge in [0.1, 0.15) is 5.75 Å². The van der Waals surface area contributed by atoms with Crippen LogP contribution in [0.5, 0.6) is 0 Å².